The van der Waals surface area contributed by atoms with Gasteiger partial charge in [0.15, 0.2) is 0 Å². The number of carbonyl (C=O) groups is 1. The molecule has 2 rings (SSSR count). The lowest BCUT2D eigenvalue weighted by atomic mass is 10.1. The molecule has 3 heteroatoms. The fraction of sp³-hybridized carbons (Fsp3) is 0.500. The molecule has 0 saturated carbocycles. The lowest BCUT2D eigenvalue weighted by Gasteiger charge is -2.12. The van der Waals surface area contributed by atoms with E-state index in [1.165, 1.54) is 19.3 Å². The van der Waals surface area contributed by atoms with Gasteiger partial charge in [-0.25, -0.2) is 4.79 Å². The molecule has 0 aliphatic rings. The zero-order chi connectivity index (χ0) is 15.2. The van der Waals surface area contributed by atoms with Crippen LogP contribution in [-0.4, -0.2) is 16.6 Å². The number of aromatic nitrogens is 1. The van der Waals surface area contributed by atoms with Crippen LogP contribution in [-0.2, 0) is 11.8 Å². The van der Waals surface area contributed by atoms with Crippen molar-refractivity contribution in [1.29, 1.82) is 0 Å². The van der Waals surface area contributed by atoms with Crippen LogP contribution in [0.2, 0.25) is 0 Å². The van der Waals surface area contributed by atoms with Crippen LogP contribution in [0.25, 0.3) is 10.9 Å². The van der Waals surface area contributed by atoms with Crippen molar-refractivity contribution < 1.29 is 9.53 Å². The number of esters is 1. The molecular formula is C18H25NO2. The second kappa shape index (κ2) is 7.30. The van der Waals surface area contributed by atoms with Gasteiger partial charge in [-0.3, -0.25) is 0 Å². The van der Waals surface area contributed by atoms with E-state index in [-0.39, 0.29) is 12.1 Å². The number of fused-ring (bicyclic) bond motifs is 1. The molecule has 1 aromatic heterocycles. The van der Waals surface area contributed by atoms with Gasteiger partial charge in [0, 0.05) is 24.1 Å². The quantitative estimate of drug-likeness (QED) is 0.546. The van der Waals surface area contributed by atoms with Crippen LogP contribution in [0.4, 0.5) is 0 Å². The number of rotatable bonds is 7. The Kier molecular flexibility index (Phi) is 5.43. The number of unbranched alkanes of at least 4 members (excludes halogenated alkanes) is 3. The third-order valence-corrected chi connectivity index (χ3v) is 3.89. The van der Waals surface area contributed by atoms with Gasteiger partial charge in [-0.1, -0.05) is 44.4 Å². The highest BCUT2D eigenvalue weighted by atomic mass is 16.5. The number of hydrogen-bond donors (Lipinski definition) is 0. The van der Waals surface area contributed by atoms with Gasteiger partial charge >= 0.3 is 5.97 Å². The van der Waals surface area contributed by atoms with E-state index in [1.54, 1.807) is 0 Å². The van der Waals surface area contributed by atoms with Crippen molar-refractivity contribution in [2.45, 2.75) is 52.1 Å². The van der Waals surface area contributed by atoms with Gasteiger partial charge in [0.2, 0.25) is 0 Å². The minimum Gasteiger partial charge on any atom is -0.459 e. The van der Waals surface area contributed by atoms with Gasteiger partial charge in [0.1, 0.15) is 0 Å². The van der Waals surface area contributed by atoms with Crippen molar-refractivity contribution in [3.8, 4) is 0 Å². The van der Waals surface area contributed by atoms with E-state index in [9.17, 15) is 4.79 Å². The zero-order valence-electron chi connectivity index (χ0n) is 13.3. The molecule has 2 aromatic rings. The molecule has 1 aromatic carbocycles. The molecule has 1 heterocycles. The first kappa shape index (κ1) is 15.6. The Bertz CT molecular complexity index is 600. The second-order valence-electron chi connectivity index (χ2n) is 5.74. The smallest absolute Gasteiger partial charge is 0.340 e. The fourth-order valence-electron chi connectivity index (χ4n) is 2.67. The van der Waals surface area contributed by atoms with Crippen LogP contribution >= 0.6 is 0 Å². The molecule has 0 spiro atoms. The Morgan fingerprint density at radius 2 is 2.00 bits per heavy atom. The Balaban J connectivity index is 1.99. The highest BCUT2D eigenvalue weighted by Gasteiger charge is 2.17. The van der Waals surface area contributed by atoms with Gasteiger partial charge in [-0.2, -0.15) is 0 Å². The summed E-state index contributed by atoms with van der Waals surface area (Å²) in [6, 6.07) is 7.92. The van der Waals surface area contributed by atoms with E-state index in [1.807, 2.05) is 49.0 Å². The summed E-state index contributed by atoms with van der Waals surface area (Å²) < 4.78 is 7.56. The van der Waals surface area contributed by atoms with Crippen LogP contribution in [0.3, 0.4) is 0 Å². The third kappa shape index (κ3) is 3.87. The summed E-state index contributed by atoms with van der Waals surface area (Å²) in [4.78, 5) is 12.3. The first-order valence-corrected chi connectivity index (χ1v) is 7.88. The van der Waals surface area contributed by atoms with Crippen LogP contribution in [0, 0.1) is 0 Å². The Morgan fingerprint density at radius 1 is 1.24 bits per heavy atom. The van der Waals surface area contributed by atoms with E-state index in [0.29, 0.717) is 5.56 Å². The first-order chi connectivity index (χ1) is 10.1. The second-order valence-corrected chi connectivity index (χ2v) is 5.74. The lowest BCUT2D eigenvalue weighted by molar-refractivity contribution is 0.0321. The average molecular weight is 287 g/mol. The normalized spacial score (nSPS) is 12.5. The number of aryl methyl sites for hydroxylation is 1. The summed E-state index contributed by atoms with van der Waals surface area (Å²) in [5, 5.41) is 0.961. The van der Waals surface area contributed by atoms with E-state index in [4.69, 9.17) is 4.74 Å². The molecule has 0 radical (unpaired) electrons. The average Bonchev–Trinajstić information content (AvgIpc) is 2.82. The summed E-state index contributed by atoms with van der Waals surface area (Å²) in [7, 11) is 1.95. The predicted molar refractivity (Wildman–Crippen MR) is 86.6 cm³/mol. The molecule has 0 saturated heterocycles. The molecular weight excluding hydrogens is 262 g/mol. The van der Waals surface area contributed by atoms with Gasteiger partial charge in [-0.15, -0.1) is 0 Å². The number of para-hydroxylation sites is 1. The Labute approximate surface area is 126 Å². The molecule has 0 bridgehead atoms. The predicted octanol–water partition coefficient (Wildman–Crippen LogP) is 4.69. The summed E-state index contributed by atoms with van der Waals surface area (Å²) in [6.07, 6.45) is 7.60. The molecule has 3 nitrogen and oxygen atoms in total. The van der Waals surface area contributed by atoms with Crippen molar-refractivity contribution in [2.24, 2.45) is 7.05 Å². The van der Waals surface area contributed by atoms with Crippen molar-refractivity contribution >= 4 is 16.9 Å². The Hall–Kier alpha value is -1.77. The van der Waals surface area contributed by atoms with E-state index in [2.05, 4.69) is 6.92 Å². The van der Waals surface area contributed by atoms with E-state index < -0.39 is 0 Å². The highest BCUT2D eigenvalue weighted by molar-refractivity contribution is 6.04. The van der Waals surface area contributed by atoms with Gasteiger partial charge in [-0.05, 0) is 25.8 Å². The number of benzene rings is 1. The SMILES string of the molecule is CCCCCCC(C)OC(=O)c1cn(C)c2ccccc12. The molecule has 0 aliphatic carbocycles. The van der Waals surface area contributed by atoms with Crippen molar-refractivity contribution in [3.05, 3.63) is 36.0 Å². The molecule has 0 amide bonds. The van der Waals surface area contributed by atoms with E-state index in [0.717, 1.165) is 23.7 Å². The Morgan fingerprint density at radius 3 is 2.76 bits per heavy atom. The topological polar surface area (TPSA) is 31.2 Å². The number of ether oxygens (including phenoxy) is 1. The minimum atomic E-state index is -0.213. The maximum absolute atomic E-state index is 12.3. The molecule has 0 N–H and O–H groups in total. The van der Waals surface area contributed by atoms with E-state index >= 15 is 0 Å². The van der Waals surface area contributed by atoms with Crippen LogP contribution in [0.15, 0.2) is 30.5 Å². The number of carbonyl (C=O) groups excluding carboxylic acids is 1. The standard InChI is InChI=1S/C18H25NO2/c1-4-5-6-7-10-14(2)21-18(20)16-13-19(3)17-12-9-8-11-15(16)17/h8-9,11-14H,4-7,10H2,1-3H3. The maximum atomic E-state index is 12.3. The number of nitrogens with zero attached hydrogens (tertiary/aromatic N) is 1. The van der Waals surface area contributed by atoms with Gasteiger partial charge in [0.25, 0.3) is 0 Å². The summed E-state index contributed by atoms with van der Waals surface area (Å²) >= 11 is 0. The first-order valence-electron chi connectivity index (χ1n) is 7.88. The fourth-order valence-corrected chi connectivity index (χ4v) is 2.67. The zero-order valence-corrected chi connectivity index (χ0v) is 13.3. The van der Waals surface area contributed by atoms with Crippen LogP contribution < -0.4 is 0 Å². The largest absolute Gasteiger partial charge is 0.459 e. The molecule has 0 aliphatic heterocycles. The third-order valence-electron chi connectivity index (χ3n) is 3.89. The lowest BCUT2D eigenvalue weighted by Crippen LogP contribution is -2.14. The van der Waals surface area contributed by atoms with Crippen molar-refractivity contribution in [1.82, 2.24) is 4.57 Å². The summed E-state index contributed by atoms with van der Waals surface area (Å²) in [5.41, 5.74) is 1.72. The molecule has 1 unspecified atom stereocenters. The summed E-state index contributed by atoms with van der Waals surface area (Å²) in [6.45, 7) is 4.18. The maximum Gasteiger partial charge on any atom is 0.340 e. The highest BCUT2D eigenvalue weighted by Crippen LogP contribution is 2.22. The molecule has 1 atom stereocenters. The van der Waals surface area contributed by atoms with Crippen LogP contribution in [0.1, 0.15) is 56.3 Å². The van der Waals surface area contributed by atoms with Gasteiger partial charge < -0.3 is 9.30 Å². The monoisotopic (exact) mass is 287 g/mol. The molecule has 0 fully saturated rings. The van der Waals surface area contributed by atoms with Crippen molar-refractivity contribution in [2.75, 3.05) is 0 Å². The van der Waals surface area contributed by atoms with Crippen LogP contribution in [0.5, 0.6) is 0 Å². The molecule has 114 valence electrons. The number of hydrogen-bond acceptors (Lipinski definition) is 2. The van der Waals surface area contributed by atoms with Gasteiger partial charge in [0.05, 0.1) is 11.7 Å². The minimum absolute atomic E-state index is 0.0201. The summed E-state index contributed by atoms with van der Waals surface area (Å²) in [5.74, 6) is -0.213. The molecule has 21 heavy (non-hydrogen) atoms. The van der Waals surface area contributed by atoms with Crippen molar-refractivity contribution in [3.63, 3.8) is 0 Å².